The third-order valence-corrected chi connectivity index (χ3v) is 2.58. The average Bonchev–Trinajstić information content (AvgIpc) is 2.14. The second-order valence-corrected chi connectivity index (χ2v) is 3.77. The van der Waals surface area contributed by atoms with Crippen LogP contribution in [0, 0.1) is 0 Å². The highest BCUT2D eigenvalue weighted by molar-refractivity contribution is 5.58. The second kappa shape index (κ2) is 6.22. The molecule has 0 aromatic carbocycles. The van der Waals surface area contributed by atoms with Crippen molar-refractivity contribution in [1.29, 1.82) is 0 Å². The molecule has 0 aromatic rings. The molecule has 0 N–H and O–H groups in total. The van der Waals surface area contributed by atoms with Gasteiger partial charge in [-0.25, -0.2) is 0 Å². The van der Waals surface area contributed by atoms with Crippen molar-refractivity contribution in [2.45, 2.75) is 64.3 Å². The summed E-state index contributed by atoms with van der Waals surface area (Å²) in [5.74, 6) is 0. The molecule has 0 saturated carbocycles. The van der Waals surface area contributed by atoms with Crippen molar-refractivity contribution in [1.82, 2.24) is 0 Å². The van der Waals surface area contributed by atoms with E-state index in [1.807, 2.05) is 0 Å². The van der Waals surface area contributed by atoms with Crippen molar-refractivity contribution in [3.05, 3.63) is 0 Å². The summed E-state index contributed by atoms with van der Waals surface area (Å²) < 4.78 is 0. The largest absolute Gasteiger partial charge is 0.294 e. The van der Waals surface area contributed by atoms with Crippen LogP contribution in [0.1, 0.15) is 58.3 Å². The molecule has 1 heterocycles. The Labute approximate surface area is 76.3 Å². The zero-order chi connectivity index (χ0) is 8.65. The van der Waals surface area contributed by atoms with Gasteiger partial charge < -0.3 is 0 Å². The van der Waals surface area contributed by atoms with E-state index in [-0.39, 0.29) is 0 Å². The molecule has 1 atom stereocenters. The van der Waals surface area contributed by atoms with Gasteiger partial charge in [0.2, 0.25) is 0 Å². The maximum Gasteiger partial charge on any atom is 0.0495 e. The Morgan fingerprint density at radius 3 is 2.92 bits per heavy atom. The first-order chi connectivity index (χ1) is 5.93. The molecule has 1 unspecified atom stereocenters. The zero-order valence-corrected chi connectivity index (χ0v) is 8.26. The predicted octanol–water partition coefficient (Wildman–Crippen LogP) is 3.58. The van der Waals surface area contributed by atoms with E-state index in [4.69, 9.17) is 0 Å². The maximum atomic E-state index is 4.50. The van der Waals surface area contributed by atoms with Crippen LogP contribution < -0.4 is 0 Å². The topological polar surface area (TPSA) is 12.4 Å². The zero-order valence-electron chi connectivity index (χ0n) is 8.26. The van der Waals surface area contributed by atoms with E-state index in [1.165, 1.54) is 51.4 Å². The molecular weight excluding hydrogens is 146 g/mol. The first kappa shape index (κ1) is 9.76. The molecule has 0 aromatic heterocycles. The summed E-state index contributed by atoms with van der Waals surface area (Å²) in [5.41, 5.74) is 0. The van der Waals surface area contributed by atoms with E-state index in [0.717, 1.165) is 0 Å². The molecule has 1 rings (SSSR count). The smallest absolute Gasteiger partial charge is 0.0495 e. The molecule has 0 fully saturated rings. The van der Waals surface area contributed by atoms with Crippen LogP contribution in [0.2, 0.25) is 0 Å². The van der Waals surface area contributed by atoms with Crippen molar-refractivity contribution < 1.29 is 0 Å². The highest BCUT2D eigenvalue weighted by Crippen LogP contribution is 2.16. The third kappa shape index (κ3) is 3.89. The predicted molar refractivity (Wildman–Crippen MR) is 54.9 cm³/mol. The Kier molecular flexibility index (Phi) is 5.05. The van der Waals surface area contributed by atoms with Gasteiger partial charge in [0, 0.05) is 6.04 Å². The first-order valence-electron chi connectivity index (χ1n) is 5.45. The first-order valence-corrected chi connectivity index (χ1v) is 5.45. The van der Waals surface area contributed by atoms with Crippen molar-refractivity contribution in [2.24, 2.45) is 4.99 Å². The van der Waals surface area contributed by atoms with Crippen LogP contribution in [-0.2, 0) is 0 Å². The molecule has 0 spiro atoms. The minimum atomic E-state index is 0.676. The van der Waals surface area contributed by atoms with Crippen molar-refractivity contribution >= 4 is 6.21 Å². The van der Waals surface area contributed by atoms with Crippen LogP contribution in [0.4, 0.5) is 0 Å². The van der Waals surface area contributed by atoms with Crippen molar-refractivity contribution in [2.75, 3.05) is 0 Å². The minimum absolute atomic E-state index is 0.676. The maximum absolute atomic E-state index is 4.50. The molecule has 70 valence electrons. The lowest BCUT2D eigenvalue weighted by atomic mass is 10.0. The molecule has 12 heavy (non-hydrogen) atoms. The number of rotatable bonds is 5. The van der Waals surface area contributed by atoms with E-state index in [1.54, 1.807) is 0 Å². The van der Waals surface area contributed by atoms with Gasteiger partial charge in [-0.2, -0.15) is 0 Å². The Hall–Kier alpha value is -0.330. The lowest BCUT2D eigenvalue weighted by molar-refractivity contribution is 0.502. The lowest BCUT2D eigenvalue weighted by Gasteiger charge is -2.14. The summed E-state index contributed by atoms with van der Waals surface area (Å²) in [7, 11) is 0. The molecule has 1 aliphatic heterocycles. The SMILES string of the molecule is CCCCCCC1CCCC=N1. The molecular formula is C11H21N. The molecule has 0 bridgehead atoms. The van der Waals surface area contributed by atoms with Crippen molar-refractivity contribution in [3.8, 4) is 0 Å². The van der Waals surface area contributed by atoms with Gasteiger partial charge in [0.25, 0.3) is 0 Å². The van der Waals surface area contributed by atoms with Crippen LogP contribution in [0.25, 0.3) is 0 Å². The molecule has 1 nitrogen and oxygen atoms in total. The third-order valence-electron chi connectivity index (χ3n) is 2.58. The van der Waals surface area contributed by atoms with Gasteiger partial charge >= 0.3 is 0 Å². The van der Waals surface area contributed by atoms with Gasteiger partial charge in [-0.1, -0.05) is 32.6 Å². The molecule has 0 amide bonds. The highest BCUT2D eigenvalue weighted by Gasteiger charge is 2.07. The fourth-order valence-electron chi connectivity index (χ4n) is 1.77. The number of aliphatic imine (C=N–C) groups is 1. The molecule has 0 radical (unpaired) electrons. The molecule has 1 heteroatoms. The number of unbranched alkanes of at least 4 members (excludes halogenated alkanes) is 3. The van der Waals surface area contributed by atoms with Gasteiger partial charge in [0.05, 0.1) is 0 Å². The Bertz CT molecular complexity index is 129. The number of nitrogens with zero attached hydrogens (tertiary/aromatic N) is 1. The number of hydrogen-bond acceptors (Lipinski definition) is 1. The van der Waals surface area contributed by atoms with Gasteiger partial charge in [-0.3, -0.25) is 4.99 Å². The Balaban J connectivity index is 1.98. The highest BCUT2D eigenvalue weighted by atomic mass is 14.8. The van der Waals surface area contributed by atoms with E-state index in [9.17, 15) is 0 Å². The summed E-state index contributed by atoms with van der Waals surface area (Å²) in [6.45, 7) is 2.26. The van der Waals surface area contributed by atoms with Gasteiger partial charge in [-0.15, -0.1) is 0 Å². The summed E-state index contributed by atoms with van der Waals surface area (Å²) >= 11 is 0. The van der Waals surface area contributed by atoms with Crippen LogP contribution in [-0.4, -0.2) is 12.3 Å². The molecule has 1 aliphatic rings. The minimum Gasteiger partial charge on any atom is -0.294 e. The standard InChI is InChI=1S/C11H21N/c1-2-3-4-5-8-11-9-6-7-10-12-11/h10-11H,2-9H2,1H3. The van der Waals surface area contributed by atoms with Crippen molar-refractivity contribution in [3.63, 3.8) is 0 Å². The van der Waals surface area contributed by atoms with Gasteiger partial charge in [-0.05, 0) is 31.9 Å². The normalized spacial score (nSPS) is 22.9. The van der Waals surface area contributed by atoms with Crippen LogP contribution >= 0.6 is 0 Å². The van der Waals surface area contributed by atoms with E-state index in [2.05, 4.69) is 18.1 Å². The second-order valence-electron chi connectivity index (χ2n) is 3.77. The van der Waals surface area contributed by atoms with E-state index >= 15 is 0 Å². The van der Waals surface area contributed by atoms with Crippen LogP contribution in [0.3, 0.4) is 0 Å². The fraction of sp³-hybridized carbons (Fsp3) is 0.909. The summed E-state index contributed by atoms with van der Waals surface area (Å²) in [6.07, 6.45) is 12.9. The Morgan fingerprint density at radius 2 is 2.25 bits per heavy atom. The summed E-state index contributed by atoms with van der Waals surface area (Å²) in [6, 6.07) is 0.676. The van der Waals surface area contributed by atoms with E-state index < -0.39 is 0 Å². The Morgan fingerprint density at radius 1 is 1.33 bits per heavy atom. The summed E-state index contributed by atoms with van der Waals surface area (Å²) in [5, 5.41) is 0. The average molecular weight is 167 g/mol. The molecule has 0 saturated heterocycles. The van der Waals surface area contributed by atoms with Crippen LogP contribution in [0.15, 0.2) is 4.99 Å². The van der Waals surface area contributed by atoms with Gasteiger partial charge in [0.1, 0.15) is 0 Å². The quantitative estimate of drug-likeness (QED) is 0.555. The van der Waals surface area contributed by atoms with E-state index in [0.29, 0.717) is 6.04 Å². The number of hydrogen-bond donors (Lipinski definition) is 0. The van der Waals surface area contributed by atoms with Crippen LogP contribution in [0.5, 0.6) is 0 Å². The molecule has 0 aliphatic carbocycles. The summed E-state index contributed by atoms with van der Waals surface area (Å²) in [4.78, 5) is 4.50. The van der Waals surface area contributed by atoms with Gasteiger partial charge in [0.15, 0.2) is 0 Å². The monoisotopic (exact) mass is 167 g/mol. The lowest BCUT2D eigenvalue weighted by Crippen LogP contribution is -2.08. The fourth-order valence-corrected chi connectivity index (χ4v) is 1.77.